The molecule has 186 valence electrons. The van der Waals surface area contributed by atoms with Gasteiger partial charge in [0.1, 0.15) is 18.1 Å². The summed E-state index contributed by atoms with van der Waals surface area (Å²) in [5.41, 5.74) is 1.64. The van der Waals surface area contributed by atoms with E-state index in [9.17, 15) is 4.79 Å². The van der Waals surface area contributed by atoms with Crippen LogP contribution < -0.4 is 9.47 Å². The van der Waals surface area contributed by atoms with Gasteiger partial charge in [0.15, 0.2) is 5.78 Å². The Morgan fingerprint density at radius 3 is 2.31 bits per heavy atom. The number of methoxy groups -OCH3 is 1. The second-order valence-corrected chi connectivity index (χ2v) is 11.1. The van der Waals surface area contributed by atoms with E-state index in [2.05, 4.69) is 17.0 Å². The predicted octanol–water partition coefficient (Wildman–Crippen LogP) is 7.44. The van der Waals surface area contributed by atoms with Crippen molar-refractivity contribution in [3.63, 3.8) is 0 Å². The van der Waals surface area contributed by atoms with Gasteiger partial charge in [0.2, 0.25) is 0 Å². The van der Waals surface area contributed by atoms with Gasteiger partial charge in [-0.1, -0.05) is 32.1 Å². The zero-order valence-electron chi connectivity index (χ0n) is 20.9. The maximum atomic E-state index is 13.9. The van der Waals surface area contributed by atoms with E-state index in [0.717, 1.165) is 39.3 Å². The van der Waals surface area contributed by atoms with E-state index >= 15 is 0 Å². The molecule has 1 aromatic heterocycles. The van der Waals surface area contributed by atoms with Crippen LogP contribution >= 0.6 is 11.3 Å². The number of hydrogen-bond acceptors (Lipinski definition) is 5. The molecule has 0 bridgehead atoms. The monoisotopic (exact) mass is 491 g/mol. The van der Waals surface area contributed by atoms with Crippen molar-refractivity contribution >= 4 is 27.2 Å². The van der Waals surface area contributed by atoms with Gasteiger partial charge in [0.25, 0.3) is 0 Å². The molecule has 0 amide bonds. The Morgan fingerprint density at radius 1 is 0.914 bits per heavy atom. The highest BCUT2D eigenvalue weighted by Crippen LogP contribution is 2.43. The number of ether oxygens (including phenoxy) is 2. The van der Waals surface area contributed by atoms with Crippen LogP contribution in [0, 0.1) is 0 Å². The number of carbonyl (C=O) groups is 1. The standard InChI is InChI=1S/C30H37NO3S/c1-33-25-15-16-26-27(21-25)35-30(23-9-5-2-3-6-10-23)28(26)29(32)22-11-13-24(14-12-22)34-20-19-31-17-7-4-8-18-31/h11-16,21,23H,2-10,17-20H2,1H3. The van der Waals surface area contributed by atoms with Gasteiger partial charge in [-0.2, -0.15) is 0 Å². The van der Waals surface area contributed by atoms with Crippen LogP contribution in [0.4, 0.5) is 0 Å². The van der Waals surface area contributed by atoms with Gasteiger partial charge in [-0.3, -0.25) is 9.69 Å². The minimum atomic E-state index is 0.125. The Balaban J connectivity index is 1.36. The number of piperidine rings is 1. The molecule has 0 atom stereocenters. The first kappa shape index (κ1) is 24.3. The highest BCUT2D eigenvalue weighted by molar-refractivity contribution is 7.19. The maximum Gasteiger partial charge on any atom is 0.194 e. The summed E-state index contributed by atoms with van der Waals surface area (Å²) in [6.07, 6.45) is 11.4. The van der Waals surface area contributed by atoms with Crippen molar-refractivity contribution in [3.05, 3.63) is 58.5 Å². The third kappa shape index (κ3) is 5.73. The zero-order valence-corrected chi connectivity index (χ0v) is 21.7. The minimum absolute atomic E-state index is 0.125. The summed E-state index contributed by atoms with van der Waals surface area (Å²) >= 11 is 1.79. The van der Waals surface area contributed by atoms with Crippen molar-refractivity contribution in [2.45, 2.75) is 63.7 Å². The lowest BCUT2D eigenvalue weighted by Crippen LogP contribution is -2.33. The molecule has 0 spiro atoms. The molecule has 1 saturated carbocycles. The molecular formula is C30H37NO3S. The Kier molecular flexibility index (Phi) is 8.05. The zero-order chi connectivity index (χ0) is 24.0. The second-order valence-electron chi connectivity index (χ2n) is 10.00. The van der Waals surface area contributed by atoms with Crippen LogP contribution in [0.3, 0.4) is 0 Å². The van der Waals surface area contributed by atoms with Crippen molar-refractivity contribution in [2.24, 2.45) is 0 Å². The molecule has 0 N–H and O–H groups in total. The van der Waals surface area contributed by atoms with Crippen LogP contribution in [-0.2, 0) is 0 Å². The first-order chi connectivity index (χ1) is 17.2. The minimum Gasteiger partial charge on any atom is -0.497 e. The number of hydrogen-bond donors (Lipinski definition) is 0. The number of thiophene rings is 1. The summed E-state index contributed by atoms with van der Waals surface area (Å²) in [6, 6.07) is 13.9. The first-order valence-electron chi connectivity index (χ1n) is 13.3. The summed E-state index contributed by atoms with van der Waals surface area (Å²) in [6.45, 7) is 4.02. The summed E-state index contributed by atoms with van der Waals surface area (Å²) in [4.78, 5) is 17.6. The molecule has 2 fully saturated rings. The average molecular weight is 492 g/mol. The number of fused-ring (bicyclic) bond motifs is 1. The van der Waals surface area contributed by atoms with E-state index in [1.165, 1.54) is 75.8 Å². The van der Waals surface area contributed by atoms with E-state index in [0.29, 0.717) is 12.5 Å². The third-order valence-corrected chi connectivity index (χ3v) is 8.93. The van der Waals surface area contributed by atoms with Crippen molar-refractivity contribution < 1.29 is 14.3 Å². The summed E-state index contributed by atoms with van der Waals surface area (Å²) in [7, 11) is 1.70. The van der Waals surface area contributed by atoms with Crippen molar-refractivity contribution in [2.75, 3.05) is 33.4 Å². The molecular weight excluding hydrogens is 454 g/mol. The molecule has 5 rings (SSSR count). The van der Waals surface area contributed by atoms with Gasteiger partial charge in [-0.05, 0) is 87.2 Å². The summed E-state index contributed by atoms with van der Waals surface area (Å²) < 4.78 is 12.6. The number of rotatable bonds is 8. The Labute approximate surface area is 213 Å². The lowest BCUT2D eigenvalue weighted by molar-refractivity contribution is 0.103. The molecule has 2 aromatic carbocycles. The molecule has 2 aliphatic rings. The molecule has 1 aliphatic heterocycles. The Hall–Kier alpha value is -2.37. The van der Waals surface area contributed by atoms with E-state index in [1.807, 2.05) is 30.3 Å². The molecule has 2 heterocycles. The summed E-state index contributed by atoms with van der Waals surface area (Å²) in [5.74, 6) is 2.27. The van der Waals surface area contributed by atoms with E-state index in [4.69, 9.17) is 9.47 Å². The highest BCUT2D eigenvalue weighted by atomic mass is 32.1. The molecule has 1 saturated heterocycles. The van der Waals surface area contributed by atoms with Crippen LogP contribution in [-0.4, -0.2) is 44.0 Å². The van der Waals surface area contributed by atoms with E-state index in [1.54, 1.807) is 18.4 Å². The fourth-order valence-corrected chi connectivity index (χ4v) is 7.01. The smallest absolute Gasteiger partial charge is 0.194 e. The van der Waals surface area contributed by atoms with Crippen LogP contribution in [0.2, 0.25) is 0 Å². The average Bonchev–Trinajstić information content (AvgIpc) is 3.07. The number of nitrogens with zero attached hydrogens (tertiary/aromatic N) is 1. The molecule has 35 heavy (non-hydrogen) atoms. The van der Waals surface area contributed by atoms with Crippen molar-refractivity contribution in [3.8, 4) is 11.5 Å². The number of ketones is 1. The van der Waals surface area contributed by atoms with Gasteiger partial charge in [-0.25, -0.2) is 0 Å². The van der Waals surface area contributed by atoms with Gasteiger partial charge < -0.3 is 9.47 Å². The fraction of sp³-hybridized carbons (Fsp3) is 0.500. The SMILES string of the molecule is COc1ccc2c(C(=O)c3ccc(OCCN4CCCCC4)cc3)c(C3CCCCCC3)sc2c1. The molecule has 5 heteroatoms. The van der Waals surface area contributed by atoms with Crippen LogP contribution in [0.5, 0.6) is 11.5 Å². The molecule has 0 radical (unpaired) electrons. The molecule has 3 aromatic rings. The van der Waals surface area contributed by atoms with Crippen LogP contribution in [0.25, 0.3) is 10.1 Å². The van der Waals surface area contributed by atoms with Gasteiger partial charge in [-0.15, -0.1) is 11.3 Å². The fourth-order valence-electron chi connectivity index (χ4n) is 5.61. The molecule has 0 unspecified atom stereocenters. The quantitative estimate of drug-likeness (QED) is 0.242. The Bertz CT molecular complexity index is 1120. The summed E-state index contributed by atoms with van der Waals surface area (Å²) in [5, 5.41) is 1.06. The van der Waals surface area contributed by atoms with Gasteiger partial charge >= 0.3 is 0 Å². The lowest BCUT2D eigenvalue weighted by atomic mass is 9.91. The number of carbonyl (C=O) groups excluding carboxylic acids is 1. The van der Waals surface area contributed by atoms with E-state index < -0.39 is 0 Å². The molecule has 1 aliphatic carbocycles. The largest absolute Gasteiger partial charge is 0.497 e. The van der Waals surface area contributed by atoms with Crippen LogP contribution in [0.15, 0.2) is 42.5 Å². The van der Waals surface area contributed by atoms with Crippen molar-refractivity contribution in [1.29, 1.82) is 0 Å². The number of likely N-dealkylation sites (tertiary alicyclic amines) is 1. The topological polar surface area (TPSA) is 38.8 Å². The first-order valence-corrected chi connectivity index (χ1v) is 14.1. The molecule has 4 nitrogen and oxygen atoms in total. The van der Waals surface area contributed by atoms with Gasteiger partial charge in [0.05, 0.1) is 7.11 Å². The van der Waals surface area contributed by atoms with Gasteiger partial charge in [0, 0.05) is 32.6 Å². The lowest BCUT2D eigenvalue weighted by Gasteiger charge is -2.26. The van der Waals surface area contributed by atoms with E-state index in [-0.39, 0.29) is 5.78 Å². The normalized spacial score (nSPS) is 17.9. The number of benzene rings is 2. The highest BCUT2D eigenvalue weighted by Gasteiger charge is 2.26. The second kappa shape index (κ2) is 11.6. The predicted molar refractivity (Wildman–Crippen MR) is 144 cm³/mol. The maximum absolute atomic E-state index is 13.9. The third-order valence-electron chi connectivity index (χ3n) is 7.62. The van der Waals surface area contributed by atoms with Crippen LogP contribution in [0.1, 0.15) is 84.5 Å². The Morgan fingerprint density at radius 2 is 1.60 bits per heavy atom. The van der Waals surface area contributed by atoms with Crippen molar-refractivity contribution in [1.82, 2.24) is 4.90 Å².